The van der Waals surface area contributed by atoms with E-state index in [2.05, 4.69) is 32.3 Å². The third-order valence-corrected chi connectivity index (χ3v) is 4.37. The van der Waals surface area contributed by atoms with E-state index in [1.165, 1.54) is 0 Å². The van der Waals surface area contributed by atoms with Gasteiger partial charge in [0.15, 0.2) is 0 Å². The molecule has 7 heteroatoms. The highest BCUT2D eigenvalue weighted by Crippen LogP contribution is 2.18. The molecule has 0 spiro atoms. The first-order valence-electron chi connectivity index (χ1n) is 8.37. The van der Waals surface area contributed by atoms with Gasteiger partial charge in [0.1, 0.15) is 6.04 Å². The highest BCUT2D eigenvalue weighted by molar-refractivity contribution is 5.78. The van der Waals surface area contributed by atoms with Crippen LogP contribution in [-0.4, -0.2) is 45.6 Å². The summed E-state index contributed by atoms with van der Waals surface area (Å²) in [7, 11) is 0. The Labute approximate surface area is 141 Å². The zero-order valence-electron chi connectivity index (χ0n) is 14.1. The summed E-state index contributed by atoms with van der Waals surface area (Å²) >= 11 is 0. The van der Waals surface area contributed by atoms with Gasteiger partial charge in [-0.1, -0.05) is 12.1 Å². The van der Waals surface area contributed by atoms with Gasteiger partial charge in [-0.25, -0.2) is 0 Å². The largest absolute Gasteiger partial charge is 0.343 e. The lowest BCUT2D eigenvalue weighted by molar-refractivity contribution is -0.123. The second kappa shape index (κ2) is 7.53. The fourth-order valence-corrected chi connectivity index (χ4v) is 2.80. The molecule has 0 radical (unpaired) electrons. The zero-order valence-corrected chi connectivity index (χ0v) is 14.1. The van der Waals surface area contributed by atoms with Crippen LogP contribution < -0.4 is 5.32 Å². The van der Waals surface area contributed by atoms with Gasteiger partial charge in [-0.2, -0.15) is 4.98 Å². The van der Waals surface area contributed by atoms with Crippen molar-refractivity contribution in [1.82, 2.24) is 25.3 Å². The van der Waals surface area contributed by atoms with Crippen molar-refractivity contribution < 1.29 is 9.32 Å². The minimum absolute atomic E-state index is 0.0132. The molecule has 1 saturated heterocycles. The maximum atomic E-state index is 12.2. The molecule has 24 heavy (non-hydrogen) atoms. The molecule has 3 heterocycles. The molecule has 7 nitrogen and oxygen atoms in total. The molecule has 1 atom stereocenters. The summed E-state index contributed by atoms with van der Waals surface area (Å²) in [4.78, 5) is 22.7. The summed E-state index contributed by atoms with van der Waals surface area (Å²) in [6.07, 6.45) is 5.66. The predicted octanol–water partition coefficient (Wildman–Crippen LogP) is 2.04. The van der Waals surface area contributed by atoms with Gasteiger partial charge in [0.05, 0.1) is 6.54 Å². The van der Waals surface area contributed by atoms with Crippen molar-refractivity contribution in [1.29, 1.82) is 0 Å². The molecule has 0 unspecified atom stereocenters. The Morgan fingerprint density at radius 3 is 2.79 bits per heavy atom. The number of hydrogen-bond acceptors (Lipinski definition) is 6. The summed E-state index contributed by atoms with van der Waals surface area (Å²) in [5.41, 5.74) is 0.834. The van der Waals surface area contributed by atoms with Crippen LogP contribution >= 0.6 is 0 Å². The van der Waals surface area contributed by atoms with Crippen molar-refractivity contribution in [3.05, 3.63) is 30.4 Å². The number of piperidine rings is 1. The van der Waals surface area contributed by atoms with E-state index in [0.717, 1.165) is 37.4 Å². The molecular formula is C17H23N5O2. The first kappa shape index (κ1) is 16.6. The van der Waals surface area contributed by atoms with E-state index >= 15 is 0 Å². The molecule has 3 rings (SSSR count). The van der Waals surface area contributed by atoms with Crippen LogP contribution in [0.4, 0.5) is 0 Å². The number of amides is 1. The summed E-state index contributed by atoms with van der Waals surface area (Å²) in [6.45, 7) is 6.49. The Morgan fingerprint density at radius 2 is 2.08 bits per heavy atom. The molecular weight excluding hydrogens is 306 g/mol. The van der Waals surface area contributed by atoms with Gasteiger partial charge in [-0.3, -0.25) is 14.7 Å². The number of nitrogens with zero attached hydrogens (tertiary/aromatic N) is 4. The van der Waals surface area contributed by atoms with Crippen LogP contribution in [0.25, 0.3) is 11.4 Å². The number of nitrogens with one attached hydrogen (secondary N) is 1. The lowest BCUT2D eigenvalue weighted by atomic mass is 9.99. The summed E-state index contributed by atoms with van der Waals surface area (Å²) in [6, 6.07) is 3.31. The van der Waals surface area contributed by atoms with Crippen molar-refractivity contribution in [2.24, 2.45) is 5.92 Å². The van der Waals surface area contributed by atoms with Crippen molar-refractivity contribution >= 4 is 5.91 Å². The third-order valence-electron chi connectivity index (χ3n) is 4.37. The van der Waals surface area contributed by atoms with E-state index in [1.54, 1.807) is 12.4 Å². The first-order valence-corrected chi connectivity index (χ1v) is 8.37. The van der Waals surface area contributed by atoms with Gasteiger partial charge in [0.2, 0.25) is 17.6 Å². The second-order valence-corrected chi connectivity index (χ2v) is 6.44. The Kier molecular flexibility index (Phi) is 5.20. The average molecular weight is 329 g/mol. The van der Waals surface area contributed by atoms with E-state index in [1.807, 2.05) is 19.1 Å². The smallest absolute Gasteiger partial charge is 0.249 e. The summed E-state index contributed by atoms with van der Waals surface area (Å²) < 4.78 is 5.28. The molecule has 1 fully saturated rings. The van der Waals surface area contributed by atoms with Gasteiger partial charge in [-0.05, 0) is 50.9 Å². The number of carbonyl (C=O) groups is 1. The van der Waals surface area contributed by atoms with E-state index in [-0.39, 0.29) is 11.9 Å². The molecule has 1 aliphatic rings. The van der Waals surface area contributed by atoms with Crippen molar-refractivity contribution in [2.45, 2.75) is 32.7 Å². The Morgan fingerprint density at radius 1 is 1.38 bits per heavy atom. The lowest BCUT2D eigenvalue weighted by Crippen LogP contribution is -2.41. The molecule has 1 N–H and O–H groups in total. The lowest BCUT2D eigenvalue weighted by Gasteiger charge is -2.29. The van der Waals surface area contributed by atoms with E-state index in [4.69, 9.17) is 4.52 Å². The maximum Gasteiger partial charge on any atom is 0.249 e. The molecule has 0 aromatic carbocycles. The van der Waals surface area contributed by atoms with Crippen LogP contribution in [0.3, 0.4) is 0 Å². The molecule has 128 valence electrons. The number of hydrogen-bond donors (Lipinski definition) is 1. The van der Waals surface area contributed by atoms with Gasteiger partial charge < -0.3 is 9.84 Å². The van der Waals surface area contributed by atoms with Gasteiger partial charge in [-0.15, -0.1) is 0 Å². The Hall–Kier alpha value is -2.28. The third kappa shape index (κ3) is 4.17. The van der Waals surface area contributed by atoms with E-state index < -0.39 is 0 Å². The second-order valence-electron chi connectivity index (χ2n) is 6.44. The maximum absolute atomic E-state index is 12.2. The van der Waals surface area contributed by atoms with Crippen molar-refractivity contribution in [3.8, 4) is 11.4 Å². The number of pyridine rings is 1. The van der Waals surface area contributed by atoms with Crippen LogP contribution in [-0.2, 0) is 4.79 Å². The van der Waals surface area contributed by atoms with Gasteiger partial charge >= 0.3 is 0 Å². The Bertz CT molecular complexity index is 665. The van der Waals surface area contributed by atoms with Crippen molar-refractivity contribution in [3.63, 3.8) is 0 Å². The SMILES string of the molecule is CC1CCN(CC(=O)N[C@H](C)c2nc(-c3ccncc3)no2)CC1. The number of aromatic nitrogens is 3. The van der Waals surface area contributed by atoms with E-state index in [9.17, 15) is 4.79 Å². The summed E-state index contributed by atoms with van der Waals surface area (Å²) in [5, 5.41) is 6.89. The topological polar surface area (TPSA) is 84.2 Å². The average Bonchev–Trinajstić information content (AvgIpc) is 3.08. The highest BCUT2D eigenvalue weighted by atomic mass is 16.5. The van der Waals surface area contributed by atoms with Gasteiger partial charge in [0.25, 0.3) is 0 Å². The standard InChI is InChI=1S/C17H23N5O2/c1-12-5-9-22(10-6-12)11-15(23)19-13(2)17-20-16(21-24-17)14-3-7-18-8-4-14/h3-4,7-8,12-13H,5-6,9-11H2,1-2H3,(H,19,23)/t13-/m1/s1. The molecule has 2 aromatic rings. The fraction of sp³-hybridized carbons (Fsp3) is 0.529. The highest BCUT2D eigenvalue weighted by Gasteiger charge is 2.21. The normalized spacial score (nSPS) is 17.6. The fourth-order valence-electron chi connectivity index (χ4n) is 2.80. The monoisotopic (exact) mass is 329 g/mol. The van der Waals surface area contributed by atoms with E-state index in [0.29, 0.717) is 18.3 Å². The molecule has 0 bridgehead atoms. The Balaban J connectivity index is 1.54. The summed E-state index contributed by atoms with van der Waals surface area (Å²) in [5.74, 6) is 1.65. The van der Waals surface area contributed by atoms with Crippen LogP contribution in [0.2, 0.25) is 0 Å². The van der Waals surface area contributed by atoms with Crippen molar-refractivity contribution in [2.75, 3.05) is 19.6 Å². The molecule has 1 aliphatic heterocycles. The minimum Gasteiger partial charge on any atom is -0.343 e. The quantitative estimate of drug-likeness (QED) is 0.904. The predicted molar refractivity (Wildman–Crippen MR) is 88.9 cm³/mol. The number of rotatable bonds is 5. The van der Waals surface area contributed by atoms with Crippen LogP contribution in [0.15, 0.2) is 29.0 Å². The molecule has 0 saturated carbocycles. The minimum atomic E-state index is -0.315. The van der Waals surface area contributed by atoms with Crippen LogP contribution in [0.5, 0.6) is 0 Å². The number of likely N-dealkylation sites (tertiary alicyclic amines) is 1. The van der Waals surface area contributed by atoms with Gasteiger partial charge in [0, 0.05) is 18.0 Å². The van der Waals surface area contributed by atoms with Crippen LogP contribution in [0, 0.1) is 5.92 Å². The first-order chi connectivity index (χ1) is 11.6. The molecule has 1 amide bonds. The molecule has 0 aliphatic carbocycles. The zero-order chi connectivity index (χ0) is 16.9. The number of carbonyl (C=O) groups excluding carboxylic acids is 1. The van der Waals surface area contributed by atoms with Crippen LogP contribution in [0.1, 0.15) is 38.6 Å². The molecule has 2 aromatic heterocycles.